The average Bonchev–Trinajstić information content (AvgIpc) is 3.00. The van der Waals surface area contributed by atoms with E-state index in [-0.39, 0.29) is 36.3 Å². The molecule has 6 N–H and O–H groups in total. The number of carbonyl (C=O) groups excluding carboxylic acids is 2. The van der Waals surface area contributed by atoms with Gasteiger partial charge in [-0.1, -0.05) is 120 Å². The molecular weight excluding hydrogens is 580 g/mol. The van der Waals surface area contributed by atoms with E-state index >= 15 is 0 Å². The van der Waals surface area contributed by atoms with Crippen molar-refractivity contribution in [3.63, 3.8) is 0 Å². The van der Waals surface area contributed by atoms with Gasteiger partial charge in [-0.2, -0.15) is 0 Å². The molecule has 4 rings (SSSR count). The smallest absolute Gasteiger partial charge is 0.237 e. The van der Waals surface area contributed by atoms with Gasteiger partial charge in [-0.15, -0.1) is 12.4 Å². The molecule has 0 saturated heterocycles. The van der Waals surface area contributed by atoms with Crippen LogP contribution in [0.4, 0.5) is 0 Å². The van der Waals surface area contributed by atoms with Gasteiger partial charge in [-0.3, -0.25) is 20.2 Å². The highest BCUT2D eigenvalue weighted by atomic mass is 35.5. The maximum atomic E-state index is 12.0. The van der Waals surface area contributed by atoms with Crippen LogP contribution in [-0.2, 0) is 22.4 Å². The number of aryl methyl sites for hydroxylation is 2. The first-order valence-electron chi connectivity index (χ1n) is 15.2. The molecule has 0 aliphatic heterocycles. The van der Waals surface area contributed by atoms with Crippen molar-refractivity contribution in [2.75, 3.05) is 0 Å². The Bertz CT molecular complexity index is 1370. The van der Waals surface area contributed by atoms with Gasteiger partial charge in [0.05, 0.1) is 11.1 Å². The summed E-state index contributed by atoms with van der Waals surface area (Å²) in [6.07, 6.45) is 1.14. The van der Waals surface area contributed by atoms with Crippen LogP contribution in [0, 0.1) is 13.8 Å². The minimum atomic E-state index is -0.787. The van der Waals surface area contributed by atoms with E-state index in [2.05, 4.69) is 34.9 Å². The number of rotatable bonds is 12. The number of carbonyl (C=O) groups is 2. The van der Waals surface area contributed by atoms with Crippen molar-refractivity contribution in [3.8, 4) is 0 Å². The summed E-state index contributed by atoms with van der Waals surface area (Å²) in [6.45, 7) is 11.9. The van der Waals surface area contributed by atoms with Crippen LogP contribution in [0.1, 0.15) is 73.2 Å². The lowest BCUT2D eigenvalue weighted by Gasteiger charge is -2.31. The summed E-state index contributed by atoms with van der Waals surface area (Å²) in [5.74, 6) is -0.674. The predicted octanol–water partition coefficient (Wildman–Crippen LogP) is 6.69. The third-order valence-electron chi connectivity index (χ3n) is 8.11. The Morgan fingerprint density at radius 1 is 0.578 bits per heavy atom. The number of benzene rings is 4. The Morgan fingerprint density at radius 2 is 0.867 bits per heavy atom. The van der Waals surface area contributed by atoms with Crippen LogP contribution >= 0.6 is 12.4 Å². The molecule has 7 heteroatoms. The van der Waals surface area contributed by atoms with E-state index in [1.807, 2.05) is 126 Å². The summed E-state index contributed by atoms with van der Waals surface area (Å²) in [5, 5.41) is 6.80. The van der Waals surface area contributed by atoms with Crippen molar-refractivity contribution in [2.45, 2.75) is 77.5 Å². The molecule has 0 spiro atoms. The standard InChI is InChI=1S/2C19H24N2O.ClH/c2*1-14-9-11-16(12-10-14)13-19(3,18(20)22)21-15(2)17-7-5-4-6-8-17;/h2*4-12,15,21H,13H2,1-3H3,(H2,20,22);1H/t15?,19-;15-,19?;/m00./s1. The van der Waals surface area contributed by atoms with Crippen LogP contribution in [0.3, 0.4) is 0 Å². The average molecular weight is 629 g/mol. The van der Waals surface area contributed by atoms with E-state index in [4.69, 9.17) is 11.5 Å². The maximum absolute atomic E-state index is 12.0. The van der Waals surface area contributed by atoms with Gasteiger partial charge in [0.15, 0.2) is 0 Å². The summed E-state index contributed by atoms with van der Waals surface area (Å²) in [4.78, 5) is 24.0. The van der Waals surface area contributed by atoms with Crippen LogP contribution in [0.25, 0.3) is 0 Å². The largest absolute Gasteiger partial charge is 0.368 e. The molecule has 2 amide bonds. The van der Waals surface area contributed by atoms with Crippen molar-refractivity contribution in [3.05, 3.63) is 143 Å². The number of halogens is 1. The lowest BCUT2D eigenvalue weighted by molar-refractivity contribution is -0.124. The quantitative estimate of drug-likeness (QED) is 0.140. The van der Waals surface area contributed by atoms with E-state index in [0.717, 1.165) is 22.3 Å². The predicted molar refractivity (Wildman–Crippen MR) is 188 cm³/mol. The molecule has 4 aromatic carbocycles. The molecule has 0 heterocycles. The molecule has 4 atom stereocenters. The topological polar surface area (TPSA) is 110 Å². The third kappa shape index (κ3) is 11.2. The van der Waals surface area contributed by atoms with E-state index < -0.39 is 11.1 Å². The summed E-state index contributed by atoms with van der Waals surface area (Å²) < 4.78 is 0. The maximum Gasteiger partial charge on any atom is 0.237 e. The second-order valence-corrected chi connectivity index (χ2v) is 12.3. The van der Waals surface area contributed by atoms with Crippen molar-refractivity contribution in [1.82, 2.24) is 10.6 Å². The van der Waals surface area contributed by atoms with Gasteiger partial charge >= 0.3 is 0 Å². The summed E-state index contributed by atoms with van der Waals surface area (Å²) in [5.41, 5.74) is 16.7. The lowest BCUT2D eigenvalue weighted by atomic mass is 9.90. The molecule has 6 nitrogen and oxygen atoms in total. The highest BCUT2D eigenvalue weighted by Gasteiger charge is 2.34. The van der Waals surface area contributed by atoms with Gasteiger partial charge < -0.3 is 11.5 Å². The first-order valence-corrected chi connectivity index (χ1v) is 15.2. The van der Waals surface area contributed by atoms with Gasteiger partial charge in [-0.25, -0.2) is 0 Å². The Balaban J connectivity index is 0.000000307. The lowest BCUT2D eigenvalue weighted by Crippen LogP contribution is -2.55. The summed E-state index contributed by atoms with van der Waals surface area (Å²) in [6, 6.07) is 36.6. The van der Waals surface area contributed by atoms with Crippen LogP contribution in [0.15, 0.2) is 109 Å². The van der Waals surface area contributed by atoms with Gasteiger partial charge in [0.25, 0.3) is 0 Å². The number of nitrogens with two attached hydrogens (primary N) is 2. The Morgan fingerprint density at radius 3 is 1.13 bits per heavy atom. The zero-order valence-corrected chi connectivity index (χ0v) is 28.2. The molecule has 0 radical (unpaired) electrons. The fourth-order valence-electron chi connectivity index (χ4n) is 5.25. The molecule has 2 unspecified atom stereocenters. The van der Waals surface area contributed by atoms with Crippen molar-refractivity contribution < 1.29 is 9.59 Å². The third-order valence-corrected chi connectivity index (χ3v) is 8.11. The van der Waals surface area contributed by atoms with Gasteiger partial charge in [0.2, 0.25) is 11.8 Å². The first kappa shape index (κ1) is 37.2. The molecule has 0 saturated carbocycles. The Hall–Kier alpha value is -3.97. The van der Waals surface area contributed by atoms with E-state index in [1.165, 1.54) is 11.1 Å². The van der Waals surface area contributed by atoms with E-state index in [0.29, 0.717) is 12.8 Å². The van der Waals surface area contributed by atoms with E-state index in [1.54, 1.807) is 0 Å². The minimum Gasteiger partial charge on any atom is -0.368 e. The van der Waals surface area contributed by atoms with Gasteiger partial charge in [0.1, 0.15) is 0 Å². The number of primary amides is 2. The van der Waals surface area contributed by atoms with Gasteiger partial charge in [-0.05, 0) is 76.6 Å². The molecule has 0 aliphatic rings. The first-order chi connectivity index (χ1) is 20.8. The van der Waals surface area contributed by atoms with Crippen molar-refractivity contribution in [2.24, 2.45) is 11.5 Å². The fourth-order valence-corrected chi connectivity index (χ4v) is 5.25. The Kier molecular flexibility index (Phi) is 14.0. The van der Waals surface area contributed by atoms with Crippen LogP contribution < -0.4 is 22.1 Å². The van der Waals surface area contributed by atoms with Gasteiger partial charge in [0, 0.05) is 12.1 Å². The summed E-state index contributed by atoms with van der Waals surface area (Å²) in [7, 11) is 0. The molecule has 45 heavy (non-hydrogen) atoms. The highest BCUT2D eigenvalue weighted by molar-refractivity contribution is 5.85. The second kappa shape index (κ2) is 16.9. The van der Waals surface area contributed by atoms with Crippen LogP contribution in [0.2, 0.25) is 0 Å². The highest BCUT2D eigenvalue weighted by Crippen LogP contribution is 2.22. The monoisotopic (exact) mass is 628 g/mol. The number of nitrogens with one attached hydrogen (secondary N) is 2. The second-order valence-electron chi connectivity index (χ2n) is 12.3. The fraction of sp³-hybridized carbons (Fsp3) is 0.316. The minimum absolute atomic E-state index is 0. The summed E-state index contributed by atoms with van der Waals surface area (Å²) >= 11 is 0. The van der Waals surface area contributed by atoms with Crippen molar-refractivity contribution in [1.29, 1.82) is 0 Å². The Labute approximate surface area is 275 Å². The number of amides is 2. The molecule has 0 aliphatic carbocycles. The van der Waals surface area contributed by atoms with Crippen molar-refractivity contribution >= 4 is 24.2 Å². The number of hydrogen-bond donors (Lipinski definition) is 4. The van der Waals surface area contributed by atoms with E-state index in [9.17, 15) is 9.59 Å². The molecular formula is C38H49ClN4O2. The van der Waals surface area contributed by atoms with Crippen LogP contribution in [0.5, 0.6) is 0 Å². The van der Waals surface area contributed by atoms with Crippen LogP contribution in [-0.4, -0.2) is 22.9 Å². The normalized spacial score (nSPS) is 14.7. The SMILES string of the molecule is Cc1ccc(CC(C)(N[C@@H](C)c2ccccc2)C(N)=O)cc1.Cc1ccc(C[C@](C)(NC(C)c2ccccc2)C(N)=O)cc1.Cl. The molecule has 4 aromatic rings. The molecule has 0 fully saturated rings. The number of hydrogen-bond acceptors (Lipinski definition) is 4. The molecule has 0 aromatic heterocycles. The molecule has 240 valence electrons. The molecule has 0 bridgehead atoms. The zero-order valence-electron chi connectivity index (χ0n) is 27.3. The zero-order chi connectivity index (χ0) is 32.3.